The highest BCUT2D eigenvalue weighted by molar-refractivity contribution is 5.80. The summed E-state index contributed by atoms with van der Waals surface area (Å²) < 4.78 is 5.61. The molecule has 6 heteroatoms. The number of aromatic nitrogens is 1. The zero-order chi connectivity index (χ0) is 19.6. The number of nitrogens with one attached hydrogen (secondary N) is 2. The quantitative estimate of drug-likeness (QED) is 0.538. The van der Waals surface area contributed by atoms with Crippen LogP contribution in [0.1, 0.15) is 45.2 Å². The van der Waals surface area contributed by atoms with Gasteiger partial charge in [0.25, 0.3) is 0 Å². The van der Waals surface area contributed by atoms with Crippen LogP contribution < -0.4 is 10.6 Å². The molecule has 0 spiro atoms. The number of guanidine groups is 1. The van der Waals surface area contributed by atoms with Crippen LogP contribution in [0.3, 0.4) is 0 Å². The van der Waals surface area contributed by atoms with Gasteiger partial charge >= 0.3 is 0 Å². The second kappa shape index (κ2) is 10.9. The van der Waals surface area contributed by atoms with E-state index in [0.717, 1.165) is 36.6 Å². The lowest BCUT2D eigenvalue weighted by molar-refractivity contribution is 0.203. The molecule has 1 fully saturated rings. The summed E-state index contributed by atoms with van der Waals surface area (Å²) in [6, 6.07) is 10.4. The zero-order valence-corrected chi connectivity index (χ0v) is 17.2. The van der Waals surface area contributed by atoms with Crippen LogP contribution in [0.15, 0.2) is 46.0 Å². The fourth-order valence-corrected chi connectivity index (χ4v) is 3.45. The smallest absolute Gasteiger partial charge is 0.226 e. The van der Waals surface area contributed by atoms with E-state index in [1.165, 1.54) is 32.5 Å². The number of piperidine rings is 1. The Labute approximate surface area is 168 Å². The summed E-state index contributed by atoms with van der Waals surface area (Å²) >= 11 is 0. The van der Waals surface area contributed by atoms with E-state index < -0.39 is 0 Å². The van der Waals surface area contributed by atoms with Crippen LogP contribution in [0.5, 0.6) is 0 Å². The van der Waals surface area contributed by atoms with E-state index in [0.29, 0.717) is 18.5 Å². The number of rotatable bonds is 8. The molecular formula is C22H33N5O. The molecule has 3 rings (SSSR count). The van der Waals surface area contributed by atoms with E-state index in [9.17, 15) is 0 Å². The monoisotopic (exact) mass is 383 g/mol. The molecule has 28 heavy (non-hydrogen) atoms. The molecule has 6 nitrogen and oxygen atoms in total. The van der Waals surface area contributed by atoms with Gasteiger partial charge in [0.15, 0.2) is 5.96 Å². The first-order valence-corrected chi connectivity index (χ1v) is 10.6. The first kappa shape index (κ1) is 20.4. The molecule has 1 aromatic carbocycles. The highest BCUT2D eigenvalue weighted by atomic mass is 16.3. The topological polar surface area (TPSA) is 65.7 Å². The van der Waals surface area contributed by atoms with Gasteiger partial charge in [-0.3, -0.25) is 0 Å². The van der Waals surface area contributed by atoms with Crippen molar-refractivity contribution in [3.8, 4) is 11.5 Å². The summed E-state index contributed by atoms with van der Waals surface area (Å²) in [5, 5.41) is 6.95. The number of aliphatic imine (C=N–C) groups is 1. The Bertz CT molecular complexity index is 720. The number of benzene rings is 1. The third-order valence-corrected chi connectivity index (χ3v) is 5.07. The lowest BCUT2D eigenvalue weighted by Gasteiger charge is -2.33. The Morgan fingerprint density at radius 3 is 2.71 bits per heavy atom. The lowest BCUT2D eigenvalue weighted by atomic mass is 10.0. The molecule has 2 aromatic rings. The molecule has 0 radical (unpaired) electrons. The molecule has 2 heterocycles. The molecule has 0 amide bonds. The van der Waals surface area contributed by atoms with Crippen LogP contribution in [0.25, 0.3) is 11.5 Å². The van der Waals surface area contributed by atoms with Gasteiger partial charge in [-0.25, -0.2) is 9.98 Å². The summed E-state index contributed by atoms with van der Waals surface area (Å²) in [6.45, 7) is 9.25. The molecule has 0 saturated carbocycles. The van der Waals surface area contributed by atoms with Crippen molar-refractivity contribution in [2.75, 3.05) is 26.2 Å². The normalized spacial score (nSPS) is 16.3. The SMILES string of the molecule is CCCCN1CCC(NC(=NCc2coc(-c3ccccc3)n2)NCC)CC1. The van der Waals surface area contributed by atoms with Crippen molar-refractivity contribution in [3.05, 3.63) is 42.3 Å². The molecule has 1 saturated heterocycles. The highest BCUT2D eigenvalue weighted by Gasteiger charge is 2.19. The molecule has 0 aliphatic carbocycles. The largest absolute Gasteiger partial charge is 0.444 e. The van der Waals surface area contributed by atoms with Gasteiger partial charge in [-0.1, -0.05) is 31.5 Å². The minimum atomic E-state index is 0.480. The molecular weight excluding hydrogens is 350 g/mol. The summed E-state index contributed by atoms with van der Waals surface area (Å²) in [6.07, 6.45) is 6.59. The van der Waals surface area contributed by atoms with E-state index in [2.05, 4.69) is 34.4 Å². The minimum Gasteiger partial charge on any atom is -0.444 e. The Balaban J connectivity index is 1.53. The zero-order valence-electron chi connectivity index (χ0n) is 17.2. The van der Waals surface area contributed by atoms with Crippen molar-refractivity contribution >= 4 is 5.96 Å². The van der Waals surface area contributed by atoms with E-state index in [1.54, 1.807) is 6.26 Å². The number of hydrogen-bond acceptors (Lipinski definition) is 4. The number of likely N-dealkylation sites (tertiary alicyclic amines) is 1. The van der Waals surface area contributed by atoms with Crippen molar-refractivity contribution in [3.63, 3.8) is 0 Å². The standard InChI is InChI=1S/C22H33N5O/c1-3-5-13-27-14-11-19(12-15-27)26-22(23-4-2)24-16-20-17-28-21(25-20)18-9-7-6-8-10-18/h6-10,17,19H,3-5,11-16H2,1-2H3,(H2,23,24,26). The third kappa shape index (κ3) is 6.09. The number of hydrogen-bond donors (Lipinski definition) is 2. The average molecular weight is 384 g/mol. The molecule has 1 aliphatic rings. The van der Waals surface area contributed by atoms with Crippen LogP contribution in [-0.4, -0.2) is 48.1 Å². The van der Waals surface area contributed by atoms with E-state index in [-0.39, 0.29) is 0 Å². The summed E-state index contributed by atoms with van der Waals surface area (Å²) in [5.74, 6) is 1.50. The van der Waals surface area contributed by atoms with Crippen LogP contribution in [-0.2, 0) is 6.54 Å². The average Bonchev–Trinajstić information content (AvgIpc) is 3.21. The van der Waals surface area contributed by atoms with Crippen molar-refractivity contribution in [1.82, 2.24) is 20.5 Å². The van der Waals surface area contributed by atoms with Gasteiger partial charge in [0.1, 0.15) is 12.0 Å². The van der Waals surface area contributed by atoms with Gasteiger partial charge in [-0.15, -0.1) is 0 Å². The summed E-state index contributed by atoms with van der Waals surface area (Å²) in [4.78, 5) is 11.8. The second-order valence-electron chi connectivity index (χ2n) is 7.32. The molecule has 0 unspecified atom stereocenters. The maximum Gasteiger partial charge on any atom is 0.226 e. The van der Waals surface area contributed by atoms with Gasteiger partial charge < -0.3 is 20.0 Å². The molecule has 0 atom stereocenters. The Hall–Kier alpha value is -2.34. The fourth-order valence-electron chi connectivity index (χ4n) is 3.45. The molecule has 0 bridgehead atoms. The first-order valence-electron chi connectivity index (χ1n) is 10.6. The summed E-state index contributed by atoms with van der Waals surface area (Å²) in [7, 11) is 0. The van der Waals surface area contributed by atoms with Gasteiger partial charge in [0.2, 0.25) is 5.89 Å². The van der Waals surface area contributed by atoms with Crippen molar-refractivity contribution in [2.24, 2.45) is 4.99 Å². The number of oxazole rings is 1. The highest BCUT2D eigenvalue weighted by Crippen LogP contribution is 2.18. The third-order valence-electron chi connectivity index (χ3n) is 5.07. The fraction of sp³-hybridized carbons (Fsp3) is 0.545. The predicted molar refractivity (Wildman–Crippen MR) is 114 cm³/mol. The maximum atomic E-state index is 5.61. The number of nitrogens with zero attached hydrogens (tertiary/aromatic N) is 3. The minimum absolute atomic E-state index is 0.480. The van der Waals surface area contributed by atoms with E-state index >= 15 is 0 Å². The van der Waals surface area contributed by atoms with Crippen molar-refractivity contribution in [2.45, 2.75) is 52.1 Å². The predicted octanol–water partition coefficient (Wildman–Crippen LogP) is 3.66. The summed E-state index contributed by atoms with van der Waals surface area (Å²) in [5.41, 5.74) is 1.82. The van der Waals surface area contributed by atoms with Crippen LogP contribution in [0.4, 0.5) is 0 Å². The van der Waals surface area contributed by atoms with Gasteiger partial charge in [-0.05, 0) is 44.9 Å². The lowest BCUT2D eigenvalue weighted by Crippen LogP contribution is -2.48. The molecule has 1 aromatic heterocycles. The van der Waals surface area contributed by atoms with E-state index in [1.807, 2.05) is 30.3 Å². The van der Waals surface area contributed by atoms with Crippen molar-refractivity contribution in [1.29, 1.82) is 0 Å². The van der Waals surface area contributed by atoms with Gasteiger partial charge in [0, 0.05) is 31.2 Å². The Morgan fingerprint density at radius 1 is 1.21 bits per heavy atom. The van der Waals surface area contributed by atoms with Crippen LogP contribution >= 0.6 is 0 Å². The van der Waals surface area contributed by atoms with Crippen LogP contribution in [0, 0.1) is 0 Å². The van der Waals surface area contributed by atoms with Crippen LogP contribution in [0.2, 0.25) is 0 Å². The number of unbranched alkanes of at least 4 members (excludes halogenated alkanes) is 1. The second-order valence-corrected chi connectivity index (χ2v) is 7.32. The van der Waals surface area contributed by atoms with E-state index in [4.69, 9.17) is 9.41 Å². The molecule has 2 N–H and O–H groups in total. The first-order chi connectivity index (χ1) is 13.8. The molecule has 152 valence electrons. The Kier molecular flexibility index (Phi) is 7.91. The van der Waals surface area contributed by atoms with Gasteiger partial charge in [0.05, 0.1) is 6.54 Å². The van der Waals surface area contributed by atoms with Gasteiger partial charge in [-0.2, -0.15) is 0 Å². The Morgan fingerprint density at radius 2 is 2.00 bits per heavy atom. The maximum absolute atomic E-state index is 5.61. The molecule has 1 aliphatic heterocycles. The van der Waals surface area contributed by atoms with Crippen molar-refractivity contribution < 1.29 is 4.42 Å².